The van der Waals surface area contributed by atoms with Crippen LogP contribution in [0.3, 0.4) is 0 Å². The van der Waals surface area contributed by atoms with Crippen LogP contribution < -0.4 is 10.2 Å². The fourth-order valence-electron chi connectivity index (χ4n) is 3.72. The van der Waals surface area contributed by atoms with Crippen LogP contribution in [0.5, 0.6) is 0 Å². The van der Waals surface area contributed by atoms with Crippen molar-refractivity contribution in [3.63, 3.8) is 0 Å². The second kappa shape index (κ2) is 7.85. The van der Waals surface area contributed by atoms with E-state index in [1.165, 1.54) is 0 Å². The third-order valence-electron chi connectivity index (χ3n) is 5.25. The van der Waals surface area contributed by atoms with Crippen LogP contribution in [0.2, 0.25) is 0 Å². The van der Waals surface area contributed by atoms with Crippen LogP contribution in [0, 0.1) is 0 Å². The van der Waals surface area contributed by atoms with Gasteiger partial charge in [0.15, 0.2) is 0 Å². The van der Waals surface area contributed by atoms with Gasteiger partial charge in [0.05, 0.1) is 17.9 Å². The van der Waals surface area contributed by atoms with Gasteiger partial charge in [-0.1, -0.05) is 24.3 Å². The van der Waals surface area contributed by atoms with Gasteiger partial charge in [-0.25, -0.2) is 0 Å². The molecule has 1 saturated heterocycles. The highest BCUT2D eigenvalue weighted by molar-refractivity contribution is 9.10. The molecule has 0 radical (unpaired) electrons. The summed E-state index contributed by atoms with van der Waals surface area (Å²) < 4.78 is 0.646. The summed E-state index contributed by atoms with van der Waals surface area (Å²) in [4.78, 5) is 40.7. The molecule has 0 aromatic heterocycles. The van der Waals surface area contributed by atoms with Gasteiger partial charge in [-0.2, -0.15) is 0 Å². The zero-order valence-electron chi connectivity index (χ0n) is 15.2. The van der Waals surface area contributed by atoms with Gasteiger partial charge in [0.1, 0.15) is 0 Å². The summed E-state index contributed by atoms with van der Waals surface area (Å²) in [6.45, 7) is 1.88. The summed E-state index contributed by atoms with van der Waals surface area (Å²) in [7, 11) is 0. The lowest BCUT2D eigenvalue weighted by Crippen LogP contribution is -2.48. The van der Waals surface area contributed by atoms with Crippen molar-refractivity contribution >= 4 is 39.2 Å². The predicted octanol–water partition coefficient (Wildman–Crippen LogP) is 2.83. The number of benzene rings is 2. The average Bonchev–Trinajstić information content (AvgIpc) is 2.96. The lowest BCUT2D eigenvalue weighted by Gasteiger charge is -2.34. The first-order valence-corrected chi connectivity index (χ1v) is 10.1. The molecule has 4 rings (SSSR count). The van der Waals surface area contributed by atoms with E-state index in [0.29, 0.717) is 28.0 Å². The number of halogens is 1. The van der Waals surface area contributed by atoms with E-state index in [9.17, 15) is 14.4 Å². The Hall–Kier alpha value is -2.51. The van der Waals surface area contributed by atoms with Crippen LogP contribution in [0.15, 0.2) is 53.0 Å². The number of carbonyl (C=O) groups excluding carboxylic acids is 3. The zero-order valence-corrected chi connectivity index (χ0v) is 16.8. The number of fused-ring (bicyclic) bond motifs is 1. The fraction of sp³-hybridized carbons (Fsp3) is 0.286. The number of nitrogens with zero attached hydrogens (tertiary/aromatic N) is 2. The number of piperidine rings is 1. The Morgan fingerprint density at radius 1 is 1.04 bits per heavy atom. The number of likely N-dealkylation sites (tertiary alicyclic amines) is 1. The SMILES string of the molecule is O=C(NC1CCN(CN2C(=O)C(=O)c3c(Br)cccc32)CC1)c1ccccc1. The number of carbonyl (C=O) groups is 3. The molecule has 144 valence electrons. The van der Waals surface area contributed by atoms with Crippen molar-refractivity contribution in [2.24, 2.45) is 0 Å². The minimum absolute atomic E-state index is 0.0573. The number of rotatable bonds is 4. The van der Waals surface area contributed by atoms with Gasteiger partial charge in [0, 0.05) is 29.2 Å². The van der Waals surface area contributed by atoms with E-state index in [1.807, 2.05) is 24.3 Å². The maximum atomic E-state index is 12.4. The maximum absolute atomic E-state index is 12.4. The fourth-order valence-corrected chi connectivity index (χ4v) is 4.25. The van der Waals surface area contributed by atoms with E-state index in [4.69, 9.17) is 0 Å². The third kappa shape index (κ3) is 3.59. The summed E-state index contributed by atoms with van der Waals surface area (Å²) >= 11 is 3.36. The summed E-state index contributed by atoms with van der Waals surface area (Å²) in [5.41, 5.74) is 1.76. The first kappa shape index (κ1) is 18.8. The van der Waals surface area contributed by atoms with Crippen LogP contribution in [-0.2, 0) is 4.79 Å². The number of ketones is 1. The van der Waals surface area contributed by atoms with Gasteiger partial charge < -0.3 is 5.32 Å². The number of Topliss-reactive ketones (excluding diaryl/α,β-unsaturated/α-hetero) is 1. The van der Waals surface area contributed by atoms with Crippen LogP contribution in [0.4, 0.5) is 5.69 Å². The van der Waals surface area contributed by atoms with E-state index < -0.39 is 11.7 Å². The monoisotopic (exact) mass is 441 g/mol. The Morgan fingerprint density at radius 2 is 1.75 bits per heavy atom. The molecule has 2 aliphatic heterocycles. The Kier molecular flexibility index (Phi) is 5.28. The molecule has 1 fully saturated rings. The van der Waals surface area contributed by atoms with Crippen LogP contribution in [0.25, 0.3) is 0 Å². The van der Waals surface area contributed by atoms with E-state index in [-0.39, 0.29) is 11.9 Å². The Bertz CT molecular complexity index is 924. The molecule has 2 aromatic rings. The van der Waals surface area contributed by atoms with Crippen molar-refractivity contribution in [1.29, 1.82) is 0 Å². The molecule has 1 N–H and O–H groups in total. The van der Waals surface area contributed by atoms with Crippen molar-refractivity contribution < 1.29 is 14.4 Å². The molecule has 0 atom stereocenters. The van der Waals surface area contributed by atoms with Crippen molar-refractivity contribution in [2.75, 3.05) is 24.7 Å². The van der Waals surface area contributed by atoms with Crippen LogP contribution >= 0.6 is 15.9 Å². The molecule has 0 unspecified atom stereocenters. The third-order valence-corrected chi connectivity index (χ3v) is 5.91. The van der Waals surface area contributed by atoms with Gasteiger partial charge in [-0.3, -0.25) is 24.2 Å². The van der Waals surface area contributed by atoms with E-state index in [0.717, 1.165) is 25.9 Å². The second-order valence-electron chi connectivity index (χ2n) is 7.07. The molecule has 2 aromatic carbocycles. The van der Waals surface area contributed by atoms with Gasteiger partial charge in [-0.15, -0.1) is 0 Å². The highest BCUT2D eigenvalue weighted by Gasteiger charge is 2.38. The normalized spacial score (nSPS) is 17.7. The zero-order chi connectivity index (χ0) is 19.7. The molecule has 0 saturated carbocycles. The molecule has 0 aliphatic carbocycles. The van der Waals surface area contributed by atoms with E-state index >= 15 is 0 Å². The molecule has 0 bridgehead atoms. The van der Waals surface area contributed by atoms with Gasteiger partial charge in [0.25, 0.3) is 11.7 Å². The Balaban J connectivity index is 1.35. The summed E-state index contributed by atoms with van der Waals surface area (Å²) in [5, 5.41) is 3.08. The molecule has 2 heterocycles. The van der Waals surface area contributed by atoms with Crippen molar-refractivity contribution in [2.45, 2.75) is 18.9 Å². The van der Waals surface area contributed by atoms with Crippen molar-refractivity contribution in [1.82, 2.24) is 10.2 Å². The highest BCUT2D eigenvalue weighted by atomic mass is 79.9. The molecule has 28 heavy (non-hydrogen) atoms. The Morgan fingerprint density at radius 3 is 2.46 bits per heavy atom. The quantitative estimate of drug-likeness (QED) is 0.740. The molecule has 0 spiro atoms. The molecule has 2 amide bonds. The summed E-state index contributed by atoms with van der Waals surface area (Å²) in [6, 6.07) is 14.7. The van der Waals surface area contributed by atoms with E-state index in [1.54, 1.807) is 29.2 Å². The molecule has 6 nitrogen and oxygen atoms in total. The van der Waals surface area contributed by atoms with Crippen molar-refractivity contribution in [3.05, 3.63) is 64.1 Å². The van der Waals surface area contributed by atoms with Gasteiger partial charge in [-0.05, 0) is 53.0 Å². The Labute approximate surface area is 171 Å². The topological polar surface area (TPSA) is 69.7 Å². The number of anilines is 1. The number of nitrogens with one attached hydrogen (secondary N) is 1. The molecule has 2 aliphatic rings. The first-order chi connectivity index (χ1) is 13.5. The van der Waals surface area contributed by atoms with Gasteiger partial charge >= 0.3 is 5.91 Å². The lowest BCUT2D eigenvalue weighted by atomic mass is 10.0. The minimum atomic E-state index is -0.485. The maximum Gasteiger partial charge on any atom is 0.300 e. The average molecular weight is 442 g/mol. The first-order valence-electron chi connectivity index (χ1n) is 9.27. The smallest absolute Gasteiger partial charge is 0.300 e. The van der Waals surface area contributed by atoms with Gasteiger partial charge in [0.2, 0.25) is 0 Å². The summed E-state index contributed by atoms with van der Waals surface area (Å²) in [5.74, 6) is -1.01. The largest absolute Gasteiger partial charge is 0.349 e. The van der Waals surface area contributed by atoms with Crippen LogP contribution in [-0.4, -0.2) is 48.3 Å². The second-order valence-corrected chi connectivity index (χ2v) is 7.92. The standard InChI is InChI=1S/C21H20BrN3O3/c22-16-7-4-8-17-18(16)19(26)21(28)25(17)13-24-11-9-15(10-12-24)23-20(27)14-5-2-1-3-6-14/h1-8,15H,9-13H2,(H,23,27). The van der Waals surface area contributed by atoms with Crippen molar-refractivity contribution in [3.8, 4) is 0 Å². The van der Waals surface area contributed by atoms with E-state index in [2.05, 4.69) is 26.1 Å². The molecular weight excluding hydrogens is 422 g/mol. The summed E-state index contributed by atoms with van der Waals surface area (Å²) in [6.07, 6.45) is 1.61. The highest BCUT2D eigenvalue weighted by Crippen LogP contribution is 2.34. The lowest BCUT2D eigenvalue weighted by molar-refractivity contribution is -0.114. The minimum Gasteiger partial charge on any atom is -0.349 e. The van der Waals surface area contributed by atoms with Crippen LogP contribution in [0.1, 0.15) is 33.6 Å². The molecule has 7 heteroatoms. The number of hydrogen-bond acceptors (Lipinski definition) is 4. The molecular formula is C21H20BrN3O3. The predicted molar refractivity (Wildman–Crippen MR) is 109 cm³/mol. The number of hydrogen-bond donors (Lipinski definition) is 1. The number of amides is 2.